The highest BCUT2D eigenvalue weighted by molar-refractivity contribution is 6.14. The van der Waals surface area contributed by atoms with Gasteiger partial charge in [-0.1, -0.05) is 194 Å². The number of hydrogen-bond acceptors (Lipinski definition) is 2. The molecular weight excluding hydrogens is 823 g/mol. The van der Waals surface area contributed by atoms with Gasteiger partial charge in [0.2, 0.25) is 0 Å². The summed E-state index contributed by atoms with van der Waals surface area (Å²) in [5.74, 6) is 0. The SMILES string of the molecule is c1ccc(-c2ccc(-c3cc4ccccc4c4ccccc34)cc2N(c2ccc(-c3cccc(-c4ccc5ccccc5c4)c3)cc2)c2ccc(-c3ccc4c(c3)oc3ccccc34)cc2)cc1. The Morgan fingerprint density at radius 1 is 0.235 bits per heavy atom. The second-order valence-electron chi connectivity index (χ2n) is 17.7. The average molecular weight is 866 g/mol. The van der Waals surface area contributed by atoms with E-state index in [9.17, 15) is 0 Å². The van der Waals surface area contributed by atoms with Gasteiger partial charge in [-0.3, -0.25) is 0 Å². The summed E-state index contributed by atoms with van der Waals surface area (Å²) >= 11 is 0. The molecule has 0 bridgehead atoms. The maximum Gasteiger partial charge on any atom is 0.136 e. The van der Waals surface area contributed by atoms with Gasteiger partial charge in [-0.05, 0) is 149 Å². The molecule has 1 aromatic heterocycles. The van der Waals surface area contributed by atoms with Crippen LogP contribution in [0.1, 0.15) is 0 Å². The first-order valence-corrected chi connectivity index (χ1v) is 23.3. The lowest BCUT2D eigenvalue weighted by molar-refractivity contribution is 0.669. The average Bonchev–Trinajstić information content (AvgIpc) is 3.79. The van der Waals surface area contributed by atoms with Gasteiger partial charge >= 0.3 is 0 Å². The van der Waals surface area contributed by atoms with Crippen LogP contribution < -0.4 is 4.90 Å². The minimum Gasteiger partial charge on any atom is -0.456 e. The maximum absolute atomic E-state index is 6.32. The molecule has 12 aromatic carbocycles. The van der Waals surface area contributed by atoms with E-state index in [-0.39, 0.29) is 0 Å². The molecule has 0 fully saturated rings. The zero-order valence-electron chi connectivity index (χ0n) is 37.2. The summed E-state index contributed by atoms with van der Waals surface area (Å²) in [6.45, 7) is 0. The molecule has 0 radical (unpaired) electrons. The fraction of sp³-hybridized carbons (Fsp3) is 0. The van der Waals surface area contributed by atoms with Gasteiger partial charge in [0, 0.05) is 27.7 Å². The van der Waals surface area contributed by atoms with Crippen LogP contribution in [0.2, 0.25) is 0 Å². The zero-order valence-corrected chi connectivity index (χ0v) is 37.2. The van der Waals surface area contributed by atoms with Crippen LogP contribution in [0, 0.1) is 0 Å². The Morgan fingerprint density at radius 3 is 1.53 bits per heavy atom. The fourth-order valence-electron chi connectivity index (χ4n) is 10.2. The lowest BCUT2D eigenvalue weighted by atomic mass is 9.91. The summed E-state index contributed by atoms with van der Waals surface area (Å²) in [7, 11) is 0. The standard InChI is InChI=1S/C66H43NO/c1-2-14-47(15-3-1)58-37-32-54(63-41-53-17-6-7-20-57(53)59-21-8-9-22-60(59)63)42-64(58)67(56-35-29-46(30-36-56)52-31-38-62-61-23-10-11-24-65(61)68-66(62)43-52)55-33-27-45(28-34-55)49-18-12-19-50(39-49)51-26-25-44-13-4-5-16-48(44)40-51/h1-43H. The van der Waals surface area contributed by atoms with Gasteiger partial charge in [0.15, 0.2) is 0 Å². The lowest BCUT2D eigenvalue weighted by Gasteiger charge is -2.29. The number of rotatable bonds is 8. The highest BCUT2D eigenvalue weighted by atomic mass is 16.3. The molecule has 0 aliphatic carbocycles. The maximum atomic E-state index is 6.32. The second kappa shape index (κ2) is 16.5. The largest absolute Gasteiger partial charge is 0.456 e. The molecule has 13 aromatic rings. The Kier molecular flexibility index (Phi) is 9.54. The predicted molar refractivity (Wildman–Crippen MR) is 288 cm³/mol. The number of hydrogen-bond donors (Lipinski definition) is 0. The third kappa shape index (κ3) is 6.99. The van der Waals surface area contributed by atoms with Crippen molar-refractivity contribution in [2.75, 3.05) is 4.90 Å². The minimum atomic E-state index is 0.892. The Bertz CT molecular complexity index is 4010. The van der Waals surface area contributed by atoms with Gasteiger partial charge < -0.3 is 9.32 Å². The monoisotopic (exact) mass is 865 g/mol. The third-order valence-electron chi connectivity index (χ3n) is 13.6. The topological polar surface area (TPSA) is 16.4 Å². The van der Waals surface area contributed by atoms with E-state index in [1.807, 2.05) is 12.1 Å². The molecule has 0 unspecified atom stereocenters. The molecule has 0 aliphatic heterocycles. The molecule has 1 heterocycles. The Labute approximate surface area is 395 Å². The molecule has 318 valence electrons. The fourth-order valence-corrected chi connectivity index (χ4v) is 10.2. The first-order valence-electron chi connectivity index (χ1n) is 23.3. The van der Waals surface area contributed by atoms with E-state index in [0.29, 0.717) is 0 Å². The highest BCUT2D eigenvalue weighted by Crippen LogP contribution is 2.46. The van der Waals surface area contributed by atoms with Crippen molar-refractivity contribution in [2.45, 2.75) is 0 Å². The molecule has 0 atom stereocenters. The number of para-hydroxylation sites is 1. The summed E-state index contributed by atoms with van der Waals surface area (Å²) in [5, 5.41) is 9.73. The normalized spacial score (nSPS) is 11.5. The van der Waals surface area contributed by atoms with E-state index in [2.05, 4.69) is 254 Å². The minimum absolute atomic E-state index is 0.892. The number of benzene rings is 12. The van der Waals surface area contributed by atoms with Crippen LogP contribution in [0.4, 0.5) is 17.1 Å². The van der Waals surface area contributed by atoms with E-state index < -0.39 is 0 Å². The number of furan rings is 1. The van der Waals surface area contributed by atoms with Crippen LogP contribution in [0.3, 0.4) is 0 Å². The Balaban J connectivity index is 0.962. The van der Waals surface area contributed by atoms with Crippen molar-refractivity contribution in [1.29, 1.82) is 0 Å². The van der Waals surface area contributed by atoms with Crippen LogP contribution >= 0.6 is 0 Å². The summed E-state index contributed by atoms with van der Waals surface area (Å²) in [6, 6.07) is 94.7. The summed E-state index contributed by atoms with van der Waals surface area (Å²) < 4.78 is 6.32. The van der Waals surface area contributed by atoms with E-state index in [1.54, 1.807) is 0 Å². The molecule has 0 N–H and O–H groups in total. The van der Waals surface area contributed by atoms with Gasteiger partial charge in [-0.2, -0.15) is 0 Å². The van der Waals surface area contributed by atoms with E-state index in [1.165, 1.54) is 54.6 Å². The summed E-state index contributed by atoms with van der Waals surface area (Å²) in [5.41, 5.74) is 16.6. The van der Waals surface area contributed by atoms with Crippen LogP contribution in [0.15, 0.2) is 265 Å². The molecule has 2 heteroatoms. The van der Waals surface area contributed by atoms with Crippen molar-refractivity contribution in [1.82, 2.24) is 0 Å². The quantitative estimate of drug-likeness (QED) is 0.142. The van der Waals surface area contributed by atoms with Crippen LogP contribution in [-0.4, -0.2) is 0 Å². The van der Waals surface area contributed by atoms with Crippen molar-refractivity contribution >= 4 is 71.3 Å². The summed E-state index contributed by atoms with van der Waals surface area (Å²) in [6.07, 6.45) is 0. The number of anilines is 3. The Morgan fingerprint density at radius 2 is 0.765 bits per heavy atom. The smallest absolute Gasteiger partial charge is 0.136 e. The van der Waals surface area contributed by atoms with Crippen LogP contribution in [-0.2, 0) is 0 Å². The molecule has 0 spiro atoms. The third-order valence-corrected chi connectivity index (χ3v) is 13.6. The van der Waals surface area contributed by atoms with Crippen LogP contribution in [0.25, 0.3) is 110 Å². The molecular formula is C66H43NO. The van der Waals surface area contributed by atoms with Gasteiger partial charge in [0.05, 0.1) is 5.69 Å². The van der Waals surface area contributed by atoms with Crippen molar-refractivity contribution in [2.24, 2.45) is 0 Å². The first kappa shape index (κ1) is 39.4. The van der Waals surface area contributed by atoms with Crippen molar-refractivity contribution in [3.05, 3.63) is 261 Å². The van der Waals surface area contributed by atoms with E-state index in [4.69, 9.17) is 4.42 Å². The molecule has 68 heavy (non-hydrogen) atoms. The molecule has 0 saturated heterocycles. The van der Waals surface area contributed by atoms with Crippen molar-refractivity contribution in [3.8, 4) is 55.6 Å². The molecule has 0 amide bonds. The highest BCUT2D eigenvalue weighted by Gasteiger charge is 2.21. The van der Waals surface area contributed by atoms with Gasteiger partial charge in [0.25, 0.3) is 0 Å². The number of nitrogens with zero attached hydrogens (tertiary/aromatic N) is 1. The van der Waals surface area contributed by atoms with E-state index in [0.717, 1.165) is 72.4 Å². The first-order chi connectivity index (χ1) is 33.7. The zero-order chi connectivity index (χ0) is 45.0. The molecule has 13 rings (SSSR count). The van der Waals surface area contributed by atoms with Crippen molar-refractivity contribution in [3.63, 3.8) is 0 Å². The number of fused-ring (bicyclic) bond motifs is 7. The second-order valence-corrected chi connectivity index (χ2v) is 17.7. The Hall–Kier alpha value is -8.98. The van der Waals surface area contributed by atoms with Crippen LogP contribution in [0.5, 0.6) is 0 Å². The molecule has 0 saturated carbocycles. The lowest BCUT2D eigenvalue weighted by Crippen LogP contribution is -2.11. The molecule has 0 aliphatic rings. The van der Waals surface area contributed by atoms with Gasteiger partial charge in [-0.15, -0.1) is 0 Å². The van der Waals surface area contributed by atoms with E-state index >= 15 is 0 Å². The summed E-state index contributed by atoms with van der Waals surface area (Å²) in [4.78, 5) is 2.43. The van der Waals surface area contributed by atoms with Crippen molar-refractivity contribution < 1.29 is 4.42 Å². The van der Waals surface area contributed by atoms with Gasteiger partial charge in [0.1, 0.15) is 11.2 Å². The van der Waals surface area contributed by atoms with Gasteiger partial charge in [-0.25, -0.2) is 0 Å². The molecule has 2 nitrogen and oxygen atoms in total. The predicted octanol–water partition coefficient (Wildman–Crippen LogP) is 18.9.